The number of nitrogens with zero attached hydrogens (tertiary/aromatic N) is 1. The molecule has 0 saturated heterocycles. The van der Waals surface area contributed by atoms with Crippen LogP contribution in [0, 0.1) is 20.8 Å². The second-order valence-corrected chi connectivity index (χ2v) is 10.2. The molecule has 0 unspecified atom stereocenters. The van der Waals surface area contributed by atoms with Crippen molar-refractivity contribution < 1.29 is 0 Å². The largest absolute Gasteiger partial charge is 0.246 e. The van der Waals surface area contributed by atoms with Crippen molar-refractivity contribution in [3.63, 3.8) is 0 Å². The lowest BCUT2D eigenvalue weighted by atomic mass is 9.89. The fraction of sp³-hybridized carbons (Fsp3) is 0.0833. The lowest BCUT2D eigenvalue weighted by Crippen LogP contribution is -1.93. The SMILES string of the molecule is Cc1cc(C)c(-c2cccc(-c3c4ccc5ccccc5c4nc4c3ccc3ccccc34)c2)c(C)c1. The maximum Gasteiger partial charge on any atom is 0.0794 e. The van der Waals surface area contributed by atoms with Crippen LogP contribution in [0.25, 0.3) is 65.6 Å². The molecule has 1 heteroatoms. The first-order valence-electron chi connectivity index (χ1n) is 12.9. The zero-order valence-electron chi connectivity index (χ0n) is 21.3. The first-order chi connectivity index (χ1) is 18.1. The van der Waals surface area contributed by atoms with Gasteiger partial charge >= 0.3 is 0 Å². The van der Waals surface area contributed by atoms with Crippen LogP contribution in [0.1, 0.15) is 16.7 Å². The third kappa shape index (κ3) is 3.42. The van der Waals surface area contributed by atoms with Crippen LogP contribution in [0.5, 0.6) is 0 Å². The van der Waals surface area contributed by atoms with Crippen molar-refractivity contribution in [1.82, 2.24) is 4.98 Å². The molecule has 37 heavy (non-hydrogen) atoms. The average molecular weight is 474 g/mol. The van der Waals surface area contributed by atoms with E-state index in [-0.39, 0.29) is 0 Å². The van der Waals surface area contributed by atoms with Crippen LogP contribution < -0.4 is 0 Å². The normalized spacial score (nSPS) is 11.6. The number of hydrogen-bond acceptors (Lipinski definition) is 1. The van der Waals surface area contributed by atoms with E-state index in [2.05, 4.69) is 130 Å². The van der Waals surface area contributed by atoms with Gasteiger partial charge in [-0.25, -0.2) is 4.98 Å². The van der Waals surface area contributed by atoms with Crippen molar-refractivity contribution in [2.75, 3.05) is 0 Å². The highest BCUT2D eigenvalue weighted by molar-refractivity contribution is 6.21. The van der Waals surface area contributed by atoms with Crippen LogP contribution in [0.15, 0.2) is 109 Å². The molecule has 6 aromatic carbocycles. The van der Waals surface area contributed by atoms with E-state index in [0.717, 1.165) is 11.0 Å². The monoisotopic (exact) mass is 473 g/mol. The Bertz CT molecular complexity index is 1900. The van der Waals surface area contributed by atoms with Gasteiger partial charge in [0.25, 0.3) is 0 Å². The summed E-state index contributed by atoms with van der Waals surface area (Å²) < 4.78 is 0. The highest BCUT2D eigenvalue weighted by atomic mass is 14.7. The van der Waals surface area contributed by atoms with Crippen LogP contribution in [-0.4, -0.2) is 4.98 Å². The zero-order valence-corrected chi connectivity index (χ0v) is 21.3. The molecule has 0 saturated carbocycles. The molecule has 0 aliphatic rings. The van der Waals surface area contributed by atoms with Gasteiger partial charge in [-0.05, 0) is 65.4 Å². The van der Waals surface area contributed by atoms with E-state index in [4.69, 9.17) is 4.98 Å². The Labute approximate surface area is 217 Å². The van der Waals surface area contributed by atoms with Crippen molar-refractivity contribution in [2.24, 2.45) is 0 Å². The van der Waals surface area contributed by atoms with Gasteiger partial charge in [0, 0.05) is 27.1 Å². The summed E-state index contributed by atoms with van der Waals surface area (Å²) in [5.74, 6) is 0. The molecule has 0 amide bonds. The molecule has 1 heterocycles. The molecule has 0 aliphatic heterocycles. The van der Waals surface area contributed by atoms with Gasteiger partial charge in [0.1, 0.15) is 0 Å². The molecule has 0 atom stereocenters. The van der Waals surface area contributed by atoms with E-state index >= 15 is 0 Å². The van der Waals surface area contributed by atoms with Crippen LogP contribution in [-0.2, 0) is 0 Å². The smallest absolute Gasteiger partial charge is 0.0794 e. The van der Waals surface area contributed by atoms with Crippen LogP contribution >= 0.6 is 0 Å². The minimum atomic E-state index is 1.06. The summed E-state index contributed by atoms with van der Waals surface area (Å²) in [6.07, 6.45) is 0. The summed E-state index contributed by atoms with van der Waals surface area (Å²) >= 11 is 0. The molecular formula is C36H27N. The summed E-state index contributed by atoms with van der Waals surface area (Å²) in [5, 5.41) is 7.20. The fourth-order valence-electron chi connectivity index (χ4n) is 6.19. The quantitative estimate of drug-likeness (QED) is 0.180. The van der Waals surface area contributed by atoms with Gasteiger partial charge in [0.2, 0.25) is 0 Å². The van der Waals surface area contributed by atoms with Gasteiger partial charge in [-0.2, -0.15) is 0 Å². The predicted molar refractivity (Wildman–Crippen MR) is 159 cm³/mol. The highest BCUT2D eigenvalue weighted by Crippen LogP contribution is 2.41. The molecule has 0 bridgehead atoms. The Morgan fingerprint density at radius 1 is 0.432 bits per heavy atom. The fourth-order valence-corrected chi connectivity index (χ4v) is 6.19. The van der Waals surface area contributed by atoms with Crippen LogP contribution in [0.2, 0.25) is 0 Å². The molecule has 1 nitrogen and oxygen atoms in total. The second-order valence-electron chi connectivity index (χ2n) is 10.2. The standard InChI is InChI=1S/C36H27N/c1-22-19-23(2)33(24(3)20-22)27-11-8-12-28(21-27)34-31-17-15-25-9-4-6-13-29(25)35(31)37-36-30-14-7-5-10-26(30)16-18-32(34)36/h4-21H,1-3H3. The topological polar surface area (TPSA) is 12.9 Å². The summed E-state index contributed by atoms with van der Waals surface area (Å²) in [6, 6.07) is 39.7. The van der Waals surface area contributed by atoms with Crippen molar-refractivity contribution >= 4 is 43.4 Å². The van der Waals surface area contributed by atoms with Gasteiger partial charge < -0.3 is 0 Å². The number of fused-ring (bicyclic) bond motifs is 6. The van der Waals surface area contributed by atoms with E-state index in [1.807, 2.05) is 0 Å². The first kappa shape index (κ1) is 21.8. The molecule has 176 valence electrons. The molecule has 7 aromatic rings. The molecule has 0 aliphatic carbocycles. The third-order valence-corrected chi connectivity index (χ3v) is 7.68. The van der Waals surface area contributed by atoms with E-state index in [1.165, 1.54) is 71.3 Å². The summed E-state index contributed by atoms with van der Waals surface area (Å²) in [6.45, 7) is 6.61. The highest BCUT2D eigenvalue weighted by Gasteiger charge is 2.16. The lowest BCUT2D eigenvalue weighted by molar-refractivity contribution is 1.32. The third-order valence-electron chi connectivity index (χ3n) is 7.68. The number of aromatic nitrogens is 1. The van der Waals surface area contributed by atoms with Gasteiger partial charge in [-0.1, -0.05) is 109 Å². The minimum Gasteiger partial charge on any atom is -0.246 e. The van der Waals surface area contributed by atoms with Crippen molar-refractivity contribution in [2.45, 2.75) is 20.8 Å². The number of hydrogen-bond donors (Lipinski definition) is 0. The van der Waals surface area contributed by atoms with Gasteiger partial charge in [-0.15, -0.1) is 0 Å². The Morgan fingerprint density at radius 3 is 1.51 bits per heavy atom. The molecule has 0 N–H and O–H groups in total. The summed E-state index contributed by atoms with van der Waals surface area (Å²) in [5.41, 5.74) is 11.1. The number of pyridine rings is 1. The molecule has 1 aromatic heterocycles. The van der Waals surface area contributed by atoms with Crippen LogP contribution in [0.3, 0.4) is 0 Å². The van der Waals surface area contributed by atoms with Crippen LogP contribution in [0.4, 0.5) is 0 Å². The average Bonchev–Trinajstić information content (AvgIpc) is 2.91. The van der Waals surface area contributed by atoms with Gasteiger partial charge in [0.15, 0.2) is 0 Å². The Kier molecular flexibility index (Phi) is 4.87. The second kappa shape index (κ2) is 8.28. The van der Waals surface area contributed by atoms with Gasteiger partial charge in [0.05, 0.1) is 11.0 Å². The van der Waals surface area contributed by atoms with E-state index < -0.39 is 0 Å². The summed E-state index contributed by atoms with van der Waals surface area (Å²) in [4.78, 5) is 5.34. The Morgan fingerprint density at radius 2 is 0.946 bits per heavy atom. The van der Waals surface area contributed by atoms with Crippen molar-refractivity contribution in [3.05, 3.63) is 126 Å². The zero-order chi connectivity index (χ0) is 25.1. The minimum absolute atomic E-state index is 1.06. The van der Waals surface area contributed by atoms with Crippen molar-refractivity contribution in [3.8, 4) is 22.3 Å². The maximum absolute atomic E-state index is 5.34. The Hall–Kier alpha value is -4.49. The maximum atomic E-state index is 5.34. The molecule has 0 spiro atoms. The van der Waals surface area contributed by atoms with E-state index in [0.29, 0.717) is 0 Å². The van der Waals surface area contributed by atoms with Gasteiger partial charge in [-0.3, -0.25) is 0 Å². The first-order valence-corrected chi connectivity index (χ1v) is 12.9. The summed E-state index contributed by atoms with van der Waals surface area (Å²) in [7, 11) is 0. The van der Waals surface area contributed by atoms with Crippen molar-refractivity contribution in [1.29, 1.82) is 0 Å². The lowest BCUT2D eigenvalue weighted by Gasteiger charge is -2.17. The van der Waals surface area contributed by atoms with E-state index in [1.54, 1.807) is 0 Å². The number of rotatable bonds is 2. The molecule has 0 radical (unpaired) electrons. The molecule has 0 fully saturated rings. The predicted octanol–water partition coefficient (Wildman–Crippen LogP) is 9.95. The Balaban J connectivity index is 1.62. The molecular weight excluding hydrogens is 446 g/mol. The number of aryl methyl sites for hydroxylation is 3. The number of benzene rings is 6. The molecule has 7 rings (SSSR count). The van der Waals surface area contributed by atoms with E-state index in [9.17, 15) is 0 Å².